The maximum Gasteiger partial charge on any atom is 0.310 e. The predicted molar refractivity (Wildman–Crippen MR) is 170 cm³/mol. The zero-order valence-electron chi connectivity index (χ0n) is 25.4. The molecule has 4 rings (SSSR count). The van der Waals surface area contributed by atoms with Gasteiger partial charge in [-0.25, -0.2) is 0 Å². The number of fused-ring (bicyclic) bond motifs is 1. The van der Waals surface area contributed by atoms with Crippen molar-refractivity contribution in [2.24, 2.45) is 11.8 Å². The first-order valence-electron chi connectivity index (χ1n) is 15.5. The van der Waals surface area contributed by atoms with E-state index >= 15 is 0 Å². The van der Waals surface area contributed by atoms with Crippen molar-refractivity contribution in [3.8, 4) is 0 Å². The summed E-state index contributed by atoms with van der Waals surface area (Å²) in [6, 6.07) is 6.61. The average Bonchev–Trinajstić information content (AvgIpc) is 3.65. The number of allylic oxidation sites excluding steroid dienone is 1. The largest absolute Gasteiger partial charge is 0.465 e. The van der Waals surface area contributed by atoms with E-state index < -0.39 is 28.7 Å². The summed E-state index contributed by atoms with van der Waals surface area (Å²) in [5.41, 5.74) is 1.81. The van der Waals surface area contributed by atoms with Crippen LogP contribution in [0.3, 0.4) is 0 Å². The molecule has 0 aliphatic carbocycles. The van der Waals surface area contributed by atoms with Gasteiger partial charge in [0.15, 0.2) is 0 Å². The molecule has 3 saturated heterocycles. The number of amides is 2. The average molecular weight is 598 g/mol. The highest BCUT2D eigenvalue weighted by molar-refractivity contribution is 8.02. The highest BCUT2D eigenvalue weighted by Gasteiger charge is 2.74. The lowest BCUT2D eigenvalue weighted by Crippen LogP contribution is -2.57. The lowest BCUT2D eigenvalue weighted by molar-refractivity contribution is -0.154. The van der Waals surface area contributed by atoms with Crippen molar-refractivity contribution in [1.29, 1.82) is 0 Å². The third-order valence-electron chi connectivity index (χ3n) is 9.23. The maximum absolute atomic E-state index is 14.7. The molecule has 3 fully saturated rings. The van der Waals surface area contributed by atoms with Crippen LogP contribution in [0, 0.1) is 11.8 Å². The van der Waals surface area contributed by atoms with E-state index in [2.05, 4.69) is 31.9 Å². The second-order valence-electron chi connectivity index (χ2n) is 11.4. The van der Waals surface area contributed by atoms with Crippen LogP contribution < -0.4 is 9.80 Å². The minimum absolute atomic E-state index is 0.0625. The first kappa shape index (κ1) is 32.1. The second kappa shape index (κ2) is 14.1. The van der Waals surface area contributed by atoms with Gasteiger partial charge in [0.2, 0.25) is 5.91 Å². The fourth-order valence-electron chi connectivity index (χ4n) is 7.14. The number of hydrogen-bond donors (Lipinski definition) is 1. The Bertz CT molecular complexity index is 1140. The molecule has 42 heavy (non-hydrogen) atoms. The van der Waals surface area contributed by atoms with Crippen molar-refractivity contribution in [2.45, 2.75) is 81.4 Å². The normalized spacial score (nSPS) is 26.6. The van der Waals surface area contributed by atoms with Gasteiger partial charge in [0, 0.05) is 36.3 Å². The van der Waals surface area contributed by atoms with Gasteiger partial charge in [-0.3, -0.25) is 14.4 Å². The summed E-state index contributed by atoms with van der Waals surface area (Å²) in [4.78, 5) is 48.0. The van der Waals surface area contributed by atoms with E-state index in [9.17, 15) is 19.5 Å². The first-order chi connectivity index (χ1) is 20.3. The van der Waals surface area contributed by atoms with Crippen LogP contribution in [-0.2, 0) is 19.1 Å². The standard InChI is InChI=1S/C33H47N3O5S/c1-6-11-12-13-21-41-32(40)27-26-18-19-33(42-26)28(27)30(38)36(23(8-3)22-37)29(33)31(39)35(20-7-2)25-16-14-24(15-17-25)34(9-4)10-5/h6-7,14-17,23,26-29,37H,1-2,8-13,18-22H2,3-5H3/t23-,26-,27+,28-,29?,33?/m0/s1. The Labute approximate surface area is 255 Å². The van der Waals surface area contributed by atoms with Crippen LogP contribution in [0.25, 0.3) is 0 Å². The molecule has 3 heterocycles. The predicted octanol–water partition coefficient (Wildman–Crippen LogP) is 4.81. The summed E-state index contributed by atoms with van der Waals surface area (Å²) < 4.78 is 4.97. The number of benzene rings is 1. The van der Waals surface area contributed by atoms with E-state index in [0.717, 1.165) is 50.1 Å². The van der Waals surface area contributed by atoms with Gasteiger partial charge >= 0.3 is 5.97 Å². The van der Waals surface area contributed by atoms with Crippen LogP contribution in [0.5, 0.6) is 0 Å². The summed E-state index contributed by atoms with van der Waals surface area (Å²) >= 11 is 1.62. The van der Waals surface area contributed by atoms with Crippen molar-refractivity contribution >= 4 is 40.9 Å². The second-order valence-corrected chi connectivity index (χ2v) is 13.0. The van der Waals surface area contributed by atoms with Crippen LogP contribution in [0.2, 0.25) is 0 Å². The molecule has 2 amide bonds. The van der Waals surface area contributed by atoms with Crippen LogP contribution in [-0.4, -0.2) is 82.7 Å². The smallest absolute Gasteiger partial charge is 0.310 e. The van der Waals surface area contributed by atoms with E-state index in [1.807, 2.05) is 37.3 Å². The Morgan fingerprint density at radius 3 is 2.43 bits per heavy atom. The molecule has 1 aromatic carbocycles. The monoisotopic (exact) mass is 597 g/mol. The first-order valence-corrected chi connectivity index (χ1v) is 16.4. The van der Waals surface area contributed by atoms with E-state index in [1.165, 1.54) is 0 Å². The summed E-state index contributed by atoms with van der Waals surface area (Å²) in [6.07, 6.45) is 7.95. The molecule has 6 atom stereocenters. The summed E-state index contributed by atoms with van der Waals surface area (Å²) in [5, 5.41) is 10.3. The maximum atomic E-state index is 14.7. The third-order valence-corrected chi connectivity index (χ3v) is 11.2. The number of carbonyl (C=O) groups is 3. The molecule has 0 radical (unpaired) electrons. The minimum atomic E-state index is -0.796. The van der Waals surface area contributed by atoms with Crippen LogP contribution in [0.4, 0.5) is 11.4 Å². The van der Waals surface area contributed by atoms with Crippen molar-refractivity contribution in [3.05, 3.63) is 49.6 Å². The number of carbonyl (C=O) groups excluding carboxylic acids is 3. The zero-order valence-corrected chi connectivity index (χ0v) is 26.2. The van der Waals surface area contributed by atoms with Gasteiger partial charge in [0.05, 0.1) is 35.8 Å². The SMILES string of the molecule is C=CCCCCOC(=O)[C@@H]1[C@@H]2CCC3(S2)C(C(=O)N(CC=C)c2ccc(N(CC)CC)cc2)N([C@@H](CC)CO)C(=O)[C@H]13. The summed E-state index contributed by atoms with van der Waals surface area (Å²) in [7, 11) is 0. The molecule has 230 valence electrons. The molecular formula is C33H47N3O5S. The number of ether oxygens (including phenoxy) is 1. The lowest BCUT2D eigenvalue weighted by Gasteiger charge is -2.39. The Morgan fingerprint density at radius 2 is 1.83 bits per heavy atom. The van der Waals surface area contributed by atoms with E-state index in [1.54, 1.807) is 27.6 Å². The van der Waals surface area contributed by atoms with Crippen molar-refractivity contribution < 1.29 is 24.2 Å². The zero-order chi connectivity index (χ0) is 30.4. The molecule has 3 aliphatic rings. The van der Waals surface area contributed by atoms with Gasteiger partial charge in [-0.1, -0.05) is 19.1 Å². The number of anilines is 2. The van der Waals surface area contributed by atoms with Crippen molar-refractivity contribution in [1.82, 2.24) is 4.90 Å². The van der Waals surface area contributed by atoms with Gasteiger partial charge in [-0.2, -0.15) is 0 Å². The quantitative estimate of drug-likeness (QED) is 0.166. The third kappa shape index (κ3) is 5.74. The number of hydrogen-bond acceptors (Lipinski definition) is 7. The molecule has 1 aromatic rings. The number of thioether (sulfide) groups is 1. The topological polar surface area (TPSA) is 90.4 Å². The number of nitrogens with zero attached hydrogens (tertiary/aromatic N) is 3. The van der Waals surface area contributed by atoms with Crippen molar-refractivity contribution in [3.63, 3.8) is 0 Å². The molecule has 8 nitrogen and oxygen atoms in total. The molecule has 0 saturated carbocycles. The van der Waals surface area contributed by atoms with Crippen molar-refractivity contribution in [2.75, 3.05) is 42.6 Å². The number of rotatable bonds is 16. The highest BCUT2D eigenvalue weighted by atomic mass is 32.2. The number of esters is 1. The number of aliphatic hydroxyl groups is 1. The molecule has 2 bridgehead atoms. The summed E-state index contributed by atoms with van der Waals surface area (Å²) in [5.74, 6) is -1.99. The van der Waals surface area contributed by atoms with Crippen LogP contribution >= 0.6 is 11.8 Å². The number of likely N-dealkylation sites (tertiary alicyclic amines) is 1. The Balaban J connectivity index is 1.68. The summed E-state index contributed by atoms with van der Waals surface area (Å²) in [6.45, 7) is 15.9. The van der Waals surface area contributed by atoms with Gasteiger partial charge in [-0.15, -0.1) is 24.9 Å². The fourth-order valence-corrected chi connectivity index (χ4v) is 9.32. The minimum Gasteiger partial charge on any atom is -0.465 e. The molecule has 2 unspecified atom stereocenters. The Morgan fingerprint density at radius 1 is 1.14 bits per heavy atom. The molecule has 1 spiro atoms. The number of aliphatic hydroxyl groups excluding tert-OH is 1. The fraction of sp³-hybridized carbons (Fsp3) is 0.606. The molecule has 9 heteroatoms. The van der Waals surface area contributed by atoms with Crippen LogP contribution in [0.15, 0.2) is 49.6 Å². The lowest BCUT2D eigenvalue weighted by atomic mass is 9.71. The van der Waals surface area contributed by atoms with E-state index in [4.69, 9.17) is 4.74 Å². The molecule has 1 N–H and O–H groups in total. The molecule has 0 aromatic heterocycles. The Hall–Kier alpha value is -2.78. The van der Waals surface area contributed by atoms with Gasteiger partial charge in [0.1, 0.15) is 6.04 Å². The molecular weight excluding hydrogens is 550 g/mol. The number of unbranched alkanes of at least 4 members (excludes halogenated alkanes) is 2. The highest BCUT2D eigenvalue weighted by Crippen LogP contribution is 2.67. The van der Waals surface area contributed by atoms with E-state index in [0.29, 0.717) is 19.4 Å². The van der Waals surface area contributed by atoms with E-state index in [-0.39, 0.29) is 36.2 Å². The van der Waals surface area contributed by atoms with Gasteiger partial charge < -0.3 is 24.5 Å². The van der Waals surface area contributed by atoms with Gasteiger partial charge in [-0.05, 0) is 76.6 Å². The van der Waals surface area contributed by atoms with Crippen LogP contribution in [0.1, 0.15) is 59.3 Å². The molecule has 3 aliphatic heterocycles. The van der Waals surface area contributed by atoms with Gasteiger partial charge in [0.25, 0.3) is 5.91 Å². The Kier molecular flexibility index (Phi) is 10.8.